The predicted octanol–water partition coefficient (Wildman–Crippen LogP) is 1.51. The molecule has 14 heavy (non-hydrogen) atoms. The van der Waals surface area contributed by atoms with Gasteiger partial charge in [-0.2, -0.15) is 4.39 Å². The zero-order chi connectivity index (χ0) is 10.9. The maximum Gasteiger partial charge on any atom is 0.305 e. The summed E-state index contributed by atoms with van der Waals surface area (Å²) in [7, 11) is 0. The summed E-state index contributed by atoms with van der Waals surface area (Å²) in [6.45, 7) is 0. The second-order valence-electron chi connectivity index (χ2n) is 2.38. The number of nitro benzene ring substituents is 1. The van der Waals surface area contributed by atoms with E-state index in [1.165, 1.54) is 0 Å². The lowest BCUT2D eigenvalue weighted by Crippen LogP contribution is -2.15. The summed E-state index contributed by atoms with van der Waals surface area (Å²) < 4.78 is 26.1. The van der Waals surface area contributed by atoms with Gasteiger partial charge in [-0.1, -0.05) is 12.2 Å². The molecule has 0 saturated heterocycles. The minimum absolute atomic E-state index is 0.552. The van der Waals surface area contributed by atoms with E-state index in [0.717, 1.165) is 6.07 Å². The molecule has 0 unspecified atom stereocenters. The third-order valence-electron chi connectivity index (χ3n) is 1.51. The quantitative estimate of drug-likeness (QED) is 0.464. The number of halogens is 2. The number of hydrogen-bond donors (Lipinski definition) is 1. The van der Waals surface area contributed by atoms with E-state index in [2.05, 4.69) is 12.2 Å². The Kier molecular flexibility index (Phi) is 2.70. The summed E-state index contributed by atoms with van der Waals surface area (Å²) in [5.41, 5.74) is 3.43. The molecule has 7 heteroatoms. The van der Waals surface area contributed by atoms with Gasteiger partial charge in [-0.25, -0.2) is 4.39 Å². The molecule has 74 valence electrons. The van der Waals surface area contributed by atoms with Gasteiger partial charge in [0.15, 0.2) is 0 Å². The van der Waals surface area contributed by atoms with Crippen molar-refractivity contribution in [1.82, 2.24) is 0 Å². The Morgan fingerprint density at radius 2 is 2.07 bits per heavy atom. The van der Waals surface area contributed by atoms with E-state index in [0.29, 0.717) is 6.07 Å². The monoisotopic (exact) mass is 218 g/mol. The fourth-order valence-electron chi connectivity index (χ4n) is 0.908. The summed E-state index contributed by atoms with van der Waals surface area (Å²) in [5.74, 6) is -2.36. The molecule has 4 nitrogen and oxygen atoms in total. The zero-order valence-corrected chi connectivity index (χ0v) is 7.48. The minimum atomic E-state index is -1.34. The molecule has 0 amide bonds. The van der Waals surface area contributed by atoms with E-state index in [9.17, 15) is 18.9 Å². The third-order valence-corrected chi connectivity index (χ3v) is 1.72. The topological polar surface area (TPSA) is 69.2 Å². The van der Waals surface area contributed by atoms with Crippen molar-refractivity contribution in [3.05, 3.63) is 39.4 Å². The number of nitro groups is 1. The molecule has 0 radical (unpaired) electrons. The van der Waals surface area contributed by atoms with E-state index >= 15 is 0 Å². The van der Waals surface area contributed by atoms with Gasteiger partial charge in [-0.15, -0.1) is 0 Å². The average molecular weight is 218 g/mol. The molecule has 0 aliphatic rings. The van der Waals surface area contributed by atoms with Crippen LogP contribution in [0.25, 0.3) is 0 Å². The van der Waals surface area contributed by atoms with Gasteiger partial charge < -0.3 is 5.73 Å². The van der Waals surface area contributed by atoms with Crippen LogP contribution < -0.4 is 5.73 Å². The van der Waals surface area contributed by atoms with Gasteiger partial charge in [0, 0.05) is 6.07 Å². The van der Waals surface area contributed by atoms with Crippen LogP contribution in [-0.2, 0) is 0 Å². The Balaban J connectivity index is 3.49. The van der Waals surface area contributed by atoms with Gasteiger partial charge in [-0.05, 0) is 6.07 Å². The second kappa shape index (κ2) is 3.62. The van der Waals surface area contributed by atoms with Crippen molar-refractivity contribution >= 4 is 22.9 Å². The van der Waals surface area contributed by atoms with Crippen LogP contribution in [0.2, 0.25) is 0 Å². The maximum atomic E-state index is 13.2. The van der Waals surface area contributed by atoms with Crippen LogP contribution in [0, 0.1) is 21.7 Å². The normalized spacial score (nSPS) is 9.86. The Morgan fingerprint density at radius 3 is 2.50 bits per heavy atom. The number of hydrogen-bond acceptors (Lipinski definition) is 3. The van der Waals surface area contributed by atoms with Crippen molar-refractivity contribution in [3.8, 4) is 0 Å². The van der Waals surface area contributed by atoms with Gasteiger partial charge in [0.1, 0.15) is 10.8 Å². The fourth-order valence-corrected chi connectivity index (χ4v) is 1.10. The van der Waals surface area contributed by atoms with Crippen molar-refractivity contribution in [3.63, 3.8) is 0 Å². The number of nitrogens with two attached hydrogens (primary N) is 1. The first-order valence-electron chi connectivity index (χ1n) is 3.37. The van der Waals surface area contributed by atoms with Crippen molar-refractivity contribution in [2.75, 3.05) is 0 Å². The van der Waals surface area contributed by atoms with E-state index in [4.69, 9.17) is 5.73 Å². The number of nitrogens with zero attached hydrogens (tertiary/aromatic N) is 1. The second-order valence-corrected chi connectivity index (χ2v) is 2.82. The summed E-state index contributed by atoms with van der Waals surface area (Å²) in [6.07, 6.45) is 0. The number of thiocarbonyl (C=S) groups is 1. The maximum absolute atomic E-state index is 13.2. The molecule has 0 aromatic heterocycles. The van der Waals surface area contributed by atoms with E-state index < -0.39 is 32.8 Å². The van der Waals surface area contributed by atoms with Crippen LogP contribution in [0.3, 0.4) is 0 Å². The SMILES string of the molecule is NC(=S)c1c(F)ccc([N+](=O)[O-])c1F. The van der Waals surface area contributed by atoms with Crippen LogP contribution in [0.4, 0.5) is 14.5 Å². The van der Waals surface area contributed by atoms with Crippen LogP contribution in [-0.4, -0.2) is 9.91 Å². The van der Waals surface area contributed by atoms with Gasteiger partial charge in [-0.3, -0.25) is 10.1 Å². The minimum Gasteiger partial charge on any atom is -0.389 e. The highest BCUT2D eigenvalue weighted by atomic mass is 32.1. The van der Waals surface area contributed by atoms with Crippen LogP contribution in [0.5, 0.6) is 0 Å². The van der Waals surface area contributed by atoms with Crippen LogP contribution in [0.15, 0.2) is 12.1 Å². The standard InChI is InChI=1S/C7H4F2N2O2S/c8-3-1-2-4(11(12)13)6(9)5(3)7(10)14/h1-2H,(H2,10,14). The van der Waals surface area contributed by atoms with Gasteiger partial charge in [0.25, 0.3) is 0 Å². The van der Waals surface area contributed by atoms with Crippen molar-refractivity contribution in [2.45, 2.75) is 0 Å². The Bertz CT molecular complexity index is 422. The lowest BCUT2D eigenvalue weighted by molar-refractivity contribution is -0.387. The van der Waals surface area contributed by atoms with Crippen LogP contribution in [0.1, 0.15) is 5.56 Å². The lowest BCUT2D eigenvalue weighted by atomic mass is 10.1. The Morgan fingerprint density at radius 1 is 1.50 bits per heavy atom. The smallest absolute Gasteiger partial charge is 0.305 e. The van der Waals surface area contributed by atoms with Gasteiger partial charge in [0.05, 0.1) is 10.5 Å². The zero-order valence-electron chi connectivity index (χ0n) is 6.66. The lowest BCUT2D eigenvalue weighted by Gasteiger charge is -2.02. The molecule has 0 atom stereocenters. The van der Waals surface area contributed by atoms with Crippen molar-refractivity contribution in [2.24, 2.45) is 5.73 Å². The first-order valence-corrected chi connectivity index (χ1v) is 3.78. The van der Waals surface area contributed by atoms with Gasteiger partial charge in [0.2, 0.25) is 5.82 Å². The summed E-state index contributed by atoms with van der Waals surface area (Å²) in [4.78, 5) is 8.74. The highest BCUT2D eigenvalue weighted by Crippen LogP contribution is 2.22. The molecule has 1 aromatic rings. The predicted molar refractivity (Wildman–Crippen MR) is 48.9 cm³/mol. The molecule has 0 spiro atoms. The summed E-state index contributed by atoms with van der Waals surface area (Å²) in [5, 5.41) is 10.3. The molecular weight excluding hydrogens is 214 g/mol. The summed E-state index contributed by atoms with van der Waals surface area (Å²) >= 11 is 4.36. The highest BCUT2D eigenvalue weighted by Gasteiger charge is 2.22. The average Bonchev–Trinajstić information content (AvgIpc) is 2.02. The van der Waals surface area contributed by atoms with Crippen molar-refractivity contribution in [1.29, 1.82) is 0 Å². The molecule has 1 rings (SSSR count). The highest BCUT2D eigenvalue weighted by molar-refractivity contribution is 7.80. The summed E-state index contributed by atoms with van der Waals surface area (Å²) in [6, 6.07) is 1.46. The molecule has 0 fully saturated rings. The van der Waals surface area contributed by atoms with E-state index in [1.807, 2.05) is 0 Å². The third kappa shape index (κ3) is 1.67. The number of rotatable bonds is 2. The number of benzene rings is 1. The van der Waals surface area contributed by atoms with E-state index in [1.54, 1.807) is 0 Å². The first-order chi connectivity index (χ1) is 6.45. The van der Waals surface area contributed by atoms with E-state index in [-0.39, 0.29) is 0 Å². The largest absolute Gasteiger partial charge is 0.389 e. The Hall–Kier alpha value is -1.63. The molecule has 0 heterocycles. The molecule has 0 bridgehead atoms. The fraction of sp³-hybridized carbons (Fsp3) is 0. The molecule has 0 aliphatic heterocycles. The molecule has 0 saturated carbocycles. The van der Waals surface area contributed by atoms with Gasteiger partial charge >= 0.3 is 5.69 Å². The molecule has 2 N–H and O–H groups in total. The Labute approximate surface area is 82.5 Å². The first kappa shape index (κ1) is 10.5. The molecule has 1 aromatic carbocycles. The molecule has 0 aliphatic carbocycles. The molecular formula is C7H4F2N2O2S. The van der Waals surface area contributed by atoms with Crippen LogP contribution >= 0.6 is 12.2 Å². The van der Waals surface area contributed by atoms with Crippen molar-refractivity contribution < 1.29 is 13.7 Å².